The number of benzene rings is 1. The smallest absolute Gasteiger partial charge is 0.123 e. The maximum atomic E-state index is 13.0. The molecule has 0 bridgehead atoms. The van der Waals surface area contributed by atoms with Crippen molar-refractivity contribution in [2.45, 2.75) is 39.2 Å². The second-order valence-electron chi connectivity index (χ2n) is 6.12. The van der Waals surface area contributed by atoms with Crippen LogP contribution in [-0.4, -0.2) is 6.54 Å². The topological polar surface area (TPSA) is 25.2 Å². The van der Waals surface area contributed by atoms with Gasteiger partial charge in [-0.3, -0.25) is 0 Å². The largest absolute Gasteiger partial charge is 0.464 e. The molecule has 0 spiro atoms. The molecule has 2 nitrogen and oxygen atoms in total. The van der Waals surface area contributed by atoms with E-state index in [1.54, 1.807) is 6.07 Å². The summed E-state index contributed by atoms with van der Waals surface area (Å²) in [5.41, 5.74) is 2.20. The van der Waals surface area contributed by atoms with Crippen molar-refractivity contribution in [3.05, 3.63) is 58.8 Å². The van der Waals surface area contributed by atoms with Gasteiger partial charge in [0, 0.05) is 5.92 Å². The zero-order chi connectivity index (χ0) is 14.8. The Morgan fingerprint density at radius 1 is 1.29 bits per heavy atom. The summed E-state index contributed by atoms with van der Waals surface area (Å²) in [5, 5.41) is 3.39. The first-order valence-corrected chi connectivity index (χ1v) is 7.68. The van der Waals surface area contributed by atoms with Crippen molar-refractivity contribution >= 4 is 0 Å². The predicted molar refractivity (Wildman–Crippen MR) is 81.8 cm³/mol. The lowest BCUT2D eigenvalue weighted by molar-refractivity contribution is 0.445. The number of furan rings is 1. The Bertz CT molecular complexity index is 619. The summed E-state index contributed by atoms with van der Waals surface area (Å²) in [5.74, 6) is 3.38. The zero-order valence-electron chi connectivity index (χ0n) is 12.7. The van der Waals surface area contributed by atoms with Crippen LogP contribution >= 0.6 is 0 Å². The average Bonchev–Trinajstić information content (AvgIpc) is 2.99. The lowest BCUT2D eigenvalue weighted by atomic mass is 10.1. The van der Waals surface area contributed by atoms with Gasteiger partial charge in [-0.15, -0.1) is 0 Å². The van der Waals surface area contributed by atoms with Gasteiger partial charge in [-0.05, 0) is 67.6 Å². The highest BCUT2D eigenvalue weighted by atomic mass is 19.1. The number of nitrogens with one attached hydrogen (secondary N) is 1. The molecule has 0 aliphatic heterocycles. The number of hydrogen-bond donors (Lipinski definition) is 1. The molecule has 3 rings (SSSR count). The monoisotopic (exact) mass is 287 g/mol. The quantitative estimate of drug-likeness (QED) is 0.806. The first-order valence-electron chi connectivity index (χ1n) is 7.68. The summed E-state index contributed by atoms with van der Waals surface area (Å²) < 4.78 is 18.9. The molecule has 1 aliphatic carbocycles. The highest BCUT2D eigenvalue weighted by molar-refractivity contribution is 5.26. The van der Waals surface area contributed by atoms with E-state index < -0.39 is 0 Å². The van der Waals surface area contributed by atoms with Crippen molar-refractivity contribution in [1.82, 2.24) is 5.32 Å². The van der Waals surface area contributed by atoms with Crippen molar-refractivity contribution < 1.29 is 8.81 Å². The molecule has 112 valence electrons. The van der Waals surface area contributed by atoms with Crippen molar-refractivity contribution in [2.24, 2.45) is 5.92 Å². The number of rotatable bonds is 6. The van der Waals surface area contributed by atoms with E-state index in [9.17, 15) is 4.39 Å². The molecule has 1 fully saturated rings. The summed E-state index contributed by atoms with van der Waals surface area (Å²) in [6.45, 7) is 5.83. The Balaban J connectivity index is 1.44. The van der Waals surface area contributed by atoms with Gasteiger partial charge in [0.15, 0.2) is 0 Å². The van der Waals surface area contributed by atoms with Crippen LogP contribution in [0.3, 0.4) is 0 Å². The van der Waals surface area contributed by atoms with Gasteiger partial charge in [0.2, 0.25) is 0 Å². The van der Waals surface area contributed by atoms with Crippen LogP contribution in [-0.2, 0) is 13.0 Å². The third kappa shape index (κ3) is 3.53. The average molecular weight is 287 g/mol. The van der Waals surface area contributed by atoms with Crippen LogP contribution in [0.1, 0.15) is 41.9 Å². The van der Waals surface area contributed by atoms with Gasteiger partial charge >= 0.3 is 0 Å². The van der Waals surface area contributed by atoms with Crippen LogP contribution < -0.4 is 5.32 Å². The standard InChI is InChI=1S/C18H22FNO/c1-12-9-15(19)4-3-14(12)7-8-20-11-16-5-6-18(21-16)17-10-13(17)2/h3-6,9,13,17,20H,7-8,10-11H2,1-2H3. The third-order valence-corrected chi connectivity index (χ3v) is 4.33. The van der Waals surface area contributed by atoms with Crippen LogP contribution in [0.15, 0.2) is 34.7 Å². The minimum Gasteiger partial charge on any atom is -0.464 e. The van der Waals surface area contributed by atoms with E-state index in [0.717, 1.165) is 42.5 Å². The SMILES string of the molecule is Cc1cc(F)ccc1CCNCc1ccc(C2CC2C)o1. The van der Waals surface area contributed by atoms with Gasteiger partial charge in [0.25, 0.3) is 0 Å². The van der Waals surface area contributed by atoms with Crippen molar-refractivity contribution in [3.63, 3.8) is 0 Å². The molecule has 1 aromatic carbocycles. The first kappa shape index (κ1) is 14.3. The summed E-state index contributed by atoms with van der Waals surface area (Å²) in [6.07, 6.45) is 2.16. The Morgan fingerprint density at radius 3 is 2.81 bits per heavy atom. The fraction of sp³-hybridized carbons (Fsp3) is 0.444. The summed E-state index contributed by atoms with van der Waals surface area (Å²) in [4.78, 5) is 0. The van der Waals surface area contributed by atoms with E-state index in [-0.39, 0.29) is 5.82 Å². The van der Waals surface area contributed by atoms with Gasteiger partial charge in [-0.25, -0.2) is 4.39 Å². The van der Waals surface area contributed by atoms with Gasteiger partial charge < -0.3 is 9.73 Å². The van der Waals surface area contributed by atoms with E-state index in [4.69, 9.17) is 4.42 Å². The van der Waals surface area contributed by atoms with E-state index >= 15 is 0 Å². The van der Waals surface area contributed by atoms with Gasteiger partial charge in [-0.1, -0.05) is 13.0 Å². The van der Waals surface area contributed by atoms with Crippen molar-refractivity contribution in [3.8, 4) is 0 Å². The van der Waals surface area contributed by atoms with Crippen molar-refractivity contribution in [2.75, 3.05) is 6.54 Å². The Labute approximate surface area is 125 Å². The number of aryl methyl sites for hydroxylation is 1. The number of hydrogen-bond acceptors (Lipinski definition) is 2. The zero-order valence-corrected chi connectivity index (χ0v) is 12.7. The Morgan fingerprint density at radius 2 is 2.10 bits per heavy atom. The van der Waals surface area contributed by atoms with E-state index in [1.165, 1.54) is 18.1 Å². The molecular formula is C18H22FNO. The molecule has 21 heavy (non-hydrogen) atoms. The van der Waals surface area contributed by atoms with E-state index in [0.29, 0.717) is 5.92 Å². The molecule has 1 N–H and O–H groups in total. The summed E-state index contributed by atoms with van der Waals surface area (Å²) in [6, 6.07) is 9.15. The van der Waals surface area contributed by atoms with Crippen LogP contribution in [0.25, 0.3) is 0 Å². The molecule has 1 heterocycles. The van der Waals surface area contributed by atoms with Crippen molar-refractivity contribution in [1.29, 1.82) is 0 Å². The van der Waals surface area contributed by atoms with Gasteiger partial charge in [0.1, 0.15) is 17.3 Å². The van der Waals surface area contributed by atoms with Crippen LogP contribution in [0, 0.1) is 18.7 Å². The molecule has 2 aromatic rings. The maximum absolute atomic E-state index is 13.0. The molecular weight excluding hydrogens is 265 g/mol. The Kier molecular flexibility index (Phi) is 4.11. The lowest BCUT2D eigenvalue weighted by Gasteiger charge is -2.06. The van der Waals surface area contributed by atoms with E-state index in [1.807, 2.05) is 13.0 Å². The van der Waals surface area contributed by atoms with Gasteiger partial charge in [0.05, 0.1) is 6.54 Å². The maximum Gasteiger partial charge on any atom is 0.123 e. The van der Waals surface area contributed by atoms with Crippen LogP contribution in [0.5, 0.6) is 0 Å². The normalized spacial score (nSPS) is 20.7. The van der Waals surface area contributed by atoms with Crippen LogP contribution in [0.4, 0.5) is 4.39 Å². The molecule has 3 heteroatoms. The molecule has 1 aromatic heterocycles. The fourth-order valence-corrected chi connectivity index (χ4v) is 2.78. The fourth-order valence-electron chi connectivity index (χ4n) is 2.78. The summed E-state index contributed by atoms with van der Waals surface area (Å²) in [7, 11) is 0. The molecule has 0 saturated heterocycles. The second-order valence-corrected chi connectivity index (χ2v) is 6.12. The van der Waals surface area contributed by atoms with E-state index in [2.05, 4.69) is 24.4 Å². The minimum absolute atomic E-state index is 0.165. The molecule has 0 radical (unpaired) electrons. The molecule has 1 saturated carbocycles. The number of halogens is 1. The van der Waals surface area contributed by atoms with Crippen LogP contribution in [0.2, 0.25) is 0 Å². The first-order chi connectivity index (χ1) is 10.1. The molecule has 2 unspecified atom stereocenters. The highest BCUT2D eigenvalue weighted by Crippen LogP contribution is 2.47. The summed E-state index contributed by atoms with van der Waals surface area (Å²) >= 11 is 0. The van der Waals surface area contributed by atoms with Gasteiger partial charge in [-0.2, -0.15) is 0 Å². The second kappa shape index (κ2) is 6.02. The highest BCUT2D eigenvalue weighted by Gasteiger charge is 2.36. The third-order valence-electron chi connectivity index (χ3n) is 4.33. The molecule has 1 aliphatic rings. The Hall–Kier alpha value is -1.61. The molecule has 2 atom stereocenters. The lowest BCUT2D eigenvalue weighted by Crippen LogP contribution is -2.16. The minimum atomic E-state index is -0.165. The predicted octanol–water partition coefficient (Wildman–Crippen LogP) is 4.18. The molecule has 0 amide bonds.